The van der Waals surface area contributed by atoms with Gasteiger partial charge in [0.05, 0.1) is 19.2 Å². The first-order chi connectivity index (χ1) is 13.0. The van der Waals surface area contributed by atoms with Gasteiger partial charge in [0.25, 0.3) is 0 Å². The number of urea groups is 1. The van der Waals surface area contributed by atoms with E-state index in [1.54, 1.807) is 7.11 Å². The number of aryl methyl sites for hydroxylation is 1. The van der Waals surface area contributed by atoms with E-state index >= 15 is 0 Å². The number of ether oxygens (including phenoxy) is 1. The van der Waals surface area contributed by atoms with E-state index in [0.29, 0.717) is 6.54 Å². The molecule has 2 amide bonds. The number of methoxy groups -OCH3 is 1. The summed E-state index contributed by atoms with van der Waals surface area (Å²) in [5.41, 5.74) is 3.31. The first kappa shape index (κ1) is 19.2. The van der Waals surface area contributed by atoms with Crippen LogP contribution in [-0.2, 0) is 0 Å². The number of hydrogen-bond acceptors (Lipinski definition) is 3. The number of piperazine rings is 1. The van der Waals surface area contributed by atoms with Gasteiger partial charge in [-0.05, 0) is 32.5 Å². The zero-order valence-corrected chi connectivity index (χ0v) is 16.6. The van der Waals surface area contributed by atoms with Crippen LogP contribution in [0, 0.1) is 6.92 Å². The molecule has 27 heavy (non-hydrogen) atoms. The number of nitrogens with one attached hydrogen (secondary N) is 1. The van der Waals surface area contributed by atoms with Gasteiger partial charge in [-0.1, -0.05) is 48.0 Å². The number of hydrogen-bond donors (Lipinski definition) is 1. The molecule has 0 saturated carbocycles. The molecule has 2 aromatic carbocycles. The molecule has 1 fully saturated rings. The highest BCUT2D eigenvalue weighted by Crippen LogP contribution is 2.28. The summed E-state index contributed by atoms with van der Waals surface area (Å²) in [6.45, 7) is 6.46. The summed E-state index contributed by atoms with van der Waals surface area (Å²) >= 11 is 0. The zero-order valence-electron chi connectivity index (χ0n) is 16.6. The Morgan fingerprint density at radius 1 is 1.19 bits per heavy atom. The van der Waals surface area contributed by atoms with Crippen molar-refractivity contribution < 1.29 is 9.53 Å². The maximum absolute atomic E-state index is 13.1. The van der Waals surface area contributed by atoms with Gasteiger partial charge < -0.3 is 19.9 Å². The average Bonchev–Trinajstić information content (AvgIpc) is 2.68. The van der Waals surface area contributed by atoms with Crippen molar-refractivity contribution in [2.24, 2.45) is 0 Å². The van der Waals surface area contributed by atoms with Crippen molar-refractivity contribution in [3.05, 3.63) is 65.2 Å². The maximum atomic E-state index is 13.1. The van der Waals surface area contributed by atoms with Gasteiger partial charge in [0.2, 0.25) is 0 Å². The maximum Gasteiger partial charge on any atom is 0.318 e. The smallest absolute Gasteiger partial charge is 0.318 e. The van der Waals surface area contributed by atoms with Gasteiger partial charge in [-0.2, -0.15) is 0 Å². The van der Waals surface area contributed by atoms with Crippen LogP contribution < -0.4 is 10.1 Å². The van der Waals surface area contributed by atoms with Crippen LogP contribution in [0.15, 0.2) is 48.5 Å². The number of rotatable bonds is 4. The van der Waals surface area contributed by atoms with Crippen molar-refractivity contribution in [1.82, 2.24) is 15.1 Å². The number of amides is 2. The first-order valence-electron chi connectivity index (χ1n) is 9.44. The first-order valence-corrected chi connectivity index (χ1v) is 9.44. The Morgan fingerprint density at radius 3 is 2.63 bits per heavy atom. The third-order valence-electron chi connectivity index (χ3n) is 5.22. The Bertz CT molecular complexity index is 778. The van der Waals surface area contributed by atoms with Gasteiger partial charge in [0.15, 0.2) is 0 Å². The van der Waals surface area contributed by atoms with E-state index in [2.05, 4.69) is 35.5 Å². The summed E-state index contributed by atoms with van der Waals surface area (Å²) in [7, 11) is 3.76. The molecule has 5 heteroatoms. The minimum atomic E-state index is -0.136. The van der Waals surface area contributed by atoms with Gasteiger partial charge in [-0.25, -0.2) is 4.79 Å². The van der Waals surface area contributed by atoms with E-state index < -0.39 is 0 Å². The Hall–Kier alpha value is -2.53. The molecule has 0 spiro atoms. The molecule has 2 aromatic rings. The topological polar surface area (TPSA) is 44.8 Å². The molecular weight excluding hydrogens is 338 g/mol. The number of likely N-dealkylation sites (N-methyl/N-ethyl adjacent to an activating group) is 1. The highest BCUT2D eigenvalue weighted by Gasteiger charge is 2.31. The molecule has 1 aliphatic rings. The number of nitrogens with zero attached hydrogens (tertiary/aromatic N) is 2. The van der Waals surface area contributed by atoms with Crippen molar-refractivity contribution in [3.63, 3.8) is 0 Å². The fraction of sp³-hybridized carbons (Fsp3) is 0.409. The molecule has 0 aliphatic carbocycles. The van der Waals surface area contributed by atoms with Crippen LogP contribution in [0.4, 0.5) is 4.79 Å². The normalized spacial score (nSPS) is 18.8. The van der Waals surface area contributed by atoms with Gasteiger partial charge in [-0.15, -0.1) is 0 Å². The molecule has 5 nitrogen and oxygen atoms in total. The van der Waals surface area contributed by atoms with E-state index in [9.17, 15) is 4.79 Å². The van der Waals surface area contributed by atoms with Gasteiger partial charge in [0, 0.05) is 25.2 Å². The van der Waals surface area contributed by atoms with Crippen LogP contribution >= 0.6 is 0 Å². The monoisotopic (exact) mass is 367 g/mol. The lowest BCUT2D eigenvalue weighted by atomic mass is 10.0. The van der Waals surface area contributed by atoms with Crippen molar-refractivity contribution in [3.8, 4) is 5.75 Å². The molecule has 2 atom stereocenters. The SMILES string of the molecule is COc1ccc(C)cc1C(C)NC(=O)N1CCN(C)CC1c1ccccc1. The second-order valence-corrected chi connectivity index (χ2v) is 7.30. The lowest BCUT2D eigenvalue weighted by Crippen LogP contribution is -2.52. The molecule has 2 unspecified atom stereocenters. The zero-order chi connectivity index (χ0) is 19.4. The Labute approximate surface area is 161 Å². The fourth-order valence-electron chi connectivity index (χ4n) is 3.66. The van der Waals surface area contributed by atoms with Gasteiger partial charge >= 0.3 is 6.03 Å². The highest BCUT2D eigenvalue weighted by atomic mass is 16.5. The Balaban J connectivity index is 1.78. The second-order valence-electron chi connectivity index (χ2n) is 7.30. The van der Waals surface area contributed by atoms with E-state index in [4.69, 9.17) is 4.74 Å². The summed E-state index contributed by atoms with van der Waals surface area (Å²) in [6.07, 6.45) is 0. The van der Waals surface area contributed by atoms with Crippen molar-refractivity contribution >= 4 is 6.03 Å². The summed E-state index contributed by atoms with van der Waals surface area (Å²) < 4.78 is 5.48. The summed E-state index contributed by atoms with van der Waals surface area (Å²) in [6, 6.07) is 16.2. The van der Waals surface area contributed by atoms with Crippen LogP contribution in [0.25, 0.3) is 0 Å². The van der Waals surface area contributed by atoms with Crippen LogP contribution in [-0.4, -0.2) is 49.6 Å². The molecule has 0 bridgehead atoms. The summed E-state index contributed by atoms with van der Waals surface area (Å²) in [4.78, 5) is 17.3. The van der Waals surface area contributed by atoms with Gasteiger partial charge in [0.1, 0.15) is 5.75 Å². The number of benzene rings is 2. The molecular formula is C22H29N3O2. The summed E-state index contributed by atoms with van der Waals surface area (Å²) in [5.74, 6) is 0.798. The average molecular weight is 367 g/mol. The van der Waals surface area contributed by atoms with Gasteiger partial charge in [-0.3, -0.25) is 0 Å². The van der Waals surface area contributed by atoms with E-state index in [1.807, 2.05) is 49.1 Å². The molecule has 1 heterocycles. The van der Waals surface area contributed by atoms with E-state index in [1.165, 1.54) is 5.56 Å². The standard InChI is InChI=1S/C22H29N3O2/c1-16-10-11-21(27-4)19(14-16)17(2)23-22(26)25-13-12-24(3)15-20(25)18-8-6-5-7-9-18/h5-11,14,17,20H,12-13,15H2,1-4H3,(H,23,26). The molecule has 1 N–H and O–H groups in total. The molecule has 1 saturated heterocycles. The van der Waals surface area contributed by atoms with Crippen LogP contribution in [0.2, 0.25) is 0 Å². The Morgan fingerprint density at radius 2 is 1.93 bits per heavy atom. The minimum Gasteiger partial charge on any atom is -0.496 e. The number of carbonyl (C=O) groups excluding carboxylic acids is 1. The molecule has 1 aliphatic heterocycles. The van der Waals surface area contributed by atoms with Crippen LogP contribution in [0.3, 0.4) is 0 Å². The second kappa shape index (κ2) is 8.44. The van der Waals surface area contributed by atoms with Crippen LogP contribution in [0.1, 0.15) is 35.7 Å². The van der Waals surface area contributed by atoms with E-state index in [0.717, 1.165) is 30.0 Å². The lowest BCUT2D eigenvalue weighted by molar-refractivity contribution is 0.107. The Kier molecular flexibility index (Phi) is 6.01. The predicted molar refractivity (Wildman–Crippen MR) is 108 cm³/mol. The third-order valence-corrected chi connectivity index (χ3v) is 5.22. The van der Waals surface area contributed by atoms with E-state index in [-0.39, 0.29) is 18.1 Å². The fourth-order valence-corrected chi connectivity index (χ4v) is 3.66. The molecule has 0 aromatic heterocycles. The van der Waals surface area contributed by atoms with Crippen molar-refractivity contribution in [2.45, 2.75) is 25.9 Å². The van der Waals surface area contributed by atoms with Crippen molar-refractivity contribution in [2.75, 3.05) is 33.8 Å². The van der Waals surface area contributed by atoms with Crippen molar-refractivity contribution in [1.29, 1.82) is 0 Å². The molecule has 144 valence electrons. The number of carbonyl (C=O) groups is 1. The molecule has 3 rings (SSSR count). The van der Waals surface area contributed by atoms with Crippen LogP contribution in [0.5, 0.6) is 5.75 Å². The third kappa shape index (κ3) is 4.42. The summed E-state index contributed by atoms with van der Waals surface area (Å²) in [5, 5.41) is 3.17. The molecule has 0 radical (unpaired) electrons. The largest absolute Gasteiger partial charge is 0.496 e. The quantitative estimate of drug-likeness (QED) is 0.895. The minimum absolute atomic E-state index is 0.0342. The predicted octanol–water partition coefficient (Wildman–Crippen LogP) is 3.76. The lowest BCUT2D eigenvalue weighted by Gasteiger charge is -2.40. The highest BCUT2D eigenvalue weighted by molar-refractivity contribution is 5.75.